The van der Waals surface area contributed by atoms with Crippen LogP contribution in [0.15, 0.2) is 29.3 Å². The first-order chi connectivity index (χ1) is 12.5. The SMILES string of the molecule is CCOC(=O)[C@@H]1C(=O)NC(N2CCN(C)CC2)=N[C@@H]1c1cccc(C)c1. The highest BCUT2D eigenvalue weighted by Gasteiger charge is 2.42. The van der Waals surface area contributed by atoms with E-state index in [0.717, 1.165) is 37.3 Å². The van der Waals surface area contributed by atoms with Gasteiger partial charge in [0.1, 0.15) is 6.04 Å². The van der Waals surface area contributed by atoms with Crippen LogP contribution >= 0.6 is 0 Å². The van der Waals surface area contributed by atoms with E-state index in [1.54, 1.807) is 6.92 Å². The van der Waals surface area contributed by atoms with Crippen LogP contribution in [0.2, 0.25) is 0 Å². The van der Waals surface area contributed by atoms with Crippen LogP contribution in [0.4, 0.5) is 0 Å². The van der Waals surface area contributed by atoms with E-state index in [9.17, 15) is 9.59 Å². The van der Waals surface area contributed by atoms with E-state index in [1.165, 1.54) is 0 Å². The summed E-state index contributed by atoms with van der Waals surface area (Å²) >= 11 is 0. The van der Waals surface area contributed by atoms with Crippen LogP contribution in [-0.4, -0.2) is 67.5 Å². The van der Waals surface area contributed by atoms with E-state index in [4.69, 9.17) is 9.73 Å². The molecule has 1 saturated heterocycles. The predicted octanol–water partition coefficient (Wildman–Crippen LogP) is 0.949. The fourth-order valence-electron chi connectivity index (χ4n) is 3.34. The second-order valence-corrected chi connectivity index (χ2v) is 6.82. The van der Waals surface area contributed by atoms with Crippen LogP contribution in [-0.2, 0) is 14.3 Å². The van der Waals surface area contributed by atoms with Gasteiger partial charge < -0.3 is 14.5 Å². The maximum absolute atomic E-state index is 12.8. The van der Waals surface area contributed by atoms with Gasteiger partial charge in [-0.3, -0.25) is 14.9 Å². The van der Waals surface area contributed by atoms with Crippen molar-refractivity contribution < 1.29 is 14.3 Å². The molecule has 1 amide bonds. The lowest BCUT2D eigenvalue weighted by Crippen LogP contribution is -2.56. The lowest BCUT2D eigenvalue weighted by atomic mass is 9.90. The van der Waals surface area contributed by atoms with Gasteiger partial charge in [-0.2, -0.15) is 0 Å². The number of piperazine rings is 1. The molecule has 0 aromatic heterocycles. The van der Waals surface area contributed by atoms with Crippen LogP contribution in [0, 0.1) is 12.8 Å². The molecule has 1 N–H and O–H groups in total. The number of esters is 1. The molecule has 0 unspecified atom stereocenters. The number of hydrogen-bond acceptors (Lipinski definition) is 6. The van der Waals surface area contributed by atoms with E-state index < -0.39 is 17.9 Å². The third-order valence-corrected chi connectivity index (χ3v) is 4.82. The molecule has 1 aromatic rings. The van der Waals surface area contributed by atoms with Gasteiger partial charge in [-0.05, 0) is 26.5 Å². The molecule has 2 atom stereocenters. The molecule has 0 bridgehead atoms. The number of guanidine groups is 1. The molecule has 7 nitrogen and oxygen atoms in total. The lowest BCUT2D eigenvalue weighted by molar-refractivity contribution is -0.153. The first kappa shape index (κ1) is 18.4. The molecule has 0 saturated carbocycles. The number of benzene rings is 1. The third-order valence-electron chi connectivity index (χ3n) is 4.82. The summed E-state index contributed by atoms with van der Waals surface area (Å²) in [5.74, 6) is -1.29. The number of ether oxygens (including phenoxy) is 1. The van der Waals surface area contributed by atoms with Crippen LogP contribution in [0.3, 0.4) is 0 Å². The number of carbonyl (C=O) groups is 2. The highest BCUT2D eigenvalue weighted by atomic mass is 16.5. The molecule has 0 aliphatic carbocycles. The minimum atomic E-state index is -0.965. The van der Waals surface area contributed by atoms with Gasteiger partial charge in [0.05, 0.1) is 6.61 Å². The molecular weight excluding hydrogens is 332 g/mol. The summed E-state index contributed by atoms with van der Waals surface area (Å²) in [6, 6.07) is 7.22. The Balaban J connectivity index is 1.95. The van der Waals surface area contributed by atoms with Gasteiger partial charge in [0, 0.05) is 26.2 Å². The topological polar surface area (TPSA) is 74.2 Å². The maximum atomic E-state index is 12.8. The van der Waals surface area contributed by atoms with Crippen LogP contribution < -0.4 is 5.32 Å². The van der Waals surface area contributed by atoms with E-state index in [1.807, 2.05) is 31.2 Å². The van der Waals surface area contributed by atoms with Crippen molar-refractivity contribution in [2.75, 3.05) is 39.8 Å². The van der Waals surface area contributed by atoms with E-state index in [2.05, 4.69) is 22.2 Å². The Bertz CT molecular complexity index is 710. The van der Waals surface area contributed by atoms with Crippen LogP contribution in [0.5, 0.6) is 0 Å². The van der Waals surface area contributed by atoms with Crippen LogP contribution in [0.1, 0.15) is 24.1 Å². The third kappa shape index (κ3) is 3.88. The Morgan fingerprint density at radius 2 is 2.04 bits per heavy atom. The second kappa shape index (κ2) is 7.86. The van der Waals surface area contributed by atoms with Crippen molar-refractivity contribution in [2.45, 2.75) is 19.9 Å². The zero-order valence-corrected chi connectivity index (χ0v) is 15.6. The smallest absolute Gasteiger partial charge is 0.321 e. The Labute approximate surface area is 154 Å². The number of hydrogen-bond donors (Lipinski definition) is 1. The zero-order chi connectivity index (χ0) is 18.7. The molecule has 1 aromatic carbocycles. The molecule has 2 heterocycles. The summed E-state index contributed by atoms with van der Waals surface area (Å²) in [5.41, 5.74) is 1.91. The first-order valence-corrected chi connectivity index (χ1v) is 9.05. The number of nitrogens with zero attached hydrogens (tertiary/aromatic N) is 3. The molecular formula is C19H26N4O3. The molecule has 1 fully saturated rings. The van der Waals surface area contributed by atoms with Crippen molar-refractivity contribution >= 4 is 17.8 Å². The minimum absolute atomic E-state index is 0.234. The van der Waals surface area contributed by atoms with Gasteiger partial charge in [-0.15, -0.1) is 0 Å². The molecule has 2 aliphatic rings. The molecule has 3 rings (SSSR count). The normalized spacial score (nSPS) is 24.0. The summed E-state index contributed by atoms with van der Waals surface area (Å²) in [4.78, 5) is 34.3. The Kier molecular flexibility index (Phi) is 5.56. The standard InChI is InChI=1S/C19H26N4O3/c1-4-26-18(25)15-16(14-7-5-6-13(2)12-14)20-19(21-17(15)24)23-10-8-22(3)9-11-23/h5-7,12,15-16H,4,8-11H2,1-3H3,(H,20,21,24)/t15-,16+/m0/s1. The number of aryl methyl sites for hydroxylation is 1. The Morgan fingerprint density at radius 3 is 2.69 bits per heavy atom. The number of aliphatic imine (C=N–C) groups is 1. The van der Waals surface area contributed by atoms with Gasteiger partial charge in [0.25, 0.3) is 0 Å². The van der Waals surface area contributed by atoms with E-state index in [-0.39, 0.29) is 12.5 Å². The number of nitrogens with one attached hydrogen (secondary N) is 1. The molecule has 0 spiro atoms. The van der Waals surface area contributed by atoms with Crippen molar-refractivity contribution in [3.63, 3.8) is 0 Å². The summed E-state index contributed by atoms with van der Waals surface area (Å²) in [6.45, 7) is 7.35. The monoisotopic (exact) mass is 358 g/mol. The van der Waals surface area contributed by atoms with Crippen molar-refractivity contribution in [2.24, 2.45) is 10.9 Å². The number of likely N-dealkylation sites (N-methyl/N-ethyl adjacent to an activating group) is 1. The van der Waals surface area contributed by atoms with Gasteiger partial charge in [0.2, 0.25) is 11.9 Å². The molecule has 26 heavy (non-hydrogen) atoms. The Hall–Kier alpha value is -2.41. The maximum Gasteiger partial charge on any atom is 0.321 e. The fraction of sp³-hybridized carbons (Fsp3) is 0.526. The quantitative estimate of drug-likeness (QED) is 0.643. The van der Waals surface area contributed by atoms with Crippen molar-refractivity contribution in [1.29, 1.82) is 0 Å². The zero-order valence-electron chi connectivity index (χ0n) is 15.6. The number of amides is 1. The van der Waals surface area contributed by atoms with Gasteiger partial charge in [-0.25, -0.2) is 4.99 Å². The predicted molar refractivity (Wildman–Crippen MR) is 98.7 cm³/mol. The highest BCUT2D eigenvalue weighted by Crippen LogP contribution is 2.31. The summed E-state index contributed by atoms with van der Waals surface area (Å²) in [7, 11) is 2.07. The fourth-order valence-corrected chi connectivity index (χ4v) is 3.34. The molecule has 0 radical (unpaired) electrons. The van der Waals surface area contributed by atoms with Crippen molar-refractivity contribution in [3.05, 3.63) is 35.4 Å². The number of carbonyl (C=O) groups excluding carboxylic acids is 2. The van der Waals surface area contributed by atoms with Gasteiger partial charge >= 0.3 is 5.97 Å². The number of rotatable bonds is 3. The second-order valence-electron chi connectivity index (χ2n) is 6.82. The molecule has 140 valence electrons. The van der Waals surface area contributed by atoms with E-state index in [0.29, 0.717) is 5.96 Å². The molecule has 2 aliphatic heterocycles. The van der Waals surface area contributed by atoms with E-state index >= 15 is 0 Å². The highest BCUT2D eigenvalue weighted by molar-refractivity contribution is 6.08. The Morgan fingerprint density at radius 1 is 1.31 bits per heavy atom. The van der Waals surface area contributed by atoms with Gasteiger partial charge in [0.15, 0.2) is 5.92 Å². The lowest BCUT2D eigenvalue weighted by Gasteiger charge is -2.37. The minimum Gasteiger partial charge on any atom is -0.465 e. The average Bonchev–Trinajstić information content (AvgIpc) is 2.61. The largest absolute Gasteiger partial charge is 0.465 e. The molecule has 7 heteroatoms. The van der Waals surface area contributed by atoms with Crippen molar-refractivity contribution in [1.82, 2.24) is 15.1 Å². The summed E-state index contributed by atoms with van der Waals surface area (Å²) < 4.78 is 5.14. The van der Waals surface area contributed by atoms with Crippen LogP contribution in [0.25, 0.3) is 0 Å². The first-order valence-electron chi connectivity index (χ1n) is 9.05. The summed E-state index contributed by atoms with van der Waals surface area (Å²) in [6.07, 6.45) is 0. The van der Waals surface area contributed by atoms with Gasteiger partial charge in [-0.1, -0.05) is 29.8 Å². The summed E-state index contributed by atoms with van der Waals surface area (Å²) in [5, 5.41) is 2.82. The van der Waals surface area contributed by atoms with Crippen molar-refractivity contribution in [3.8, 4) is 0 Å². The average molecular weight is 358 g/mol.